The zero-order valence-corrected chi connectivity index (χ0v) is 12.8. The van der Waals surface area contributed by atoms with Crippen molar-refractivity contribution in [3.8, 4) is 11.6 Å². The molecule has 6 heteroatoms. The SMILES string of the molecule is CC(C)(C)NC(=O)Cn1c(-c2nnco2)cc2ccccc21. The summed E-state index contributed by atoms with van der Waals surface area (Å²) in [5, 5.41) is 11.7. The molecule has 1 amide bonds. The van der Waals surface area contributed by atoms with E-state index < -0.39 is 0 Å². The molecular weight excluding hydrogens is 280 g/mol. The van der Waals surface area contributed by atoms with Crippen molar-refractivity contribution < 1.29 is 9.21 Å². The van der Waals surface area contributed by atoms with Crippen LogP contribution in [0.15, 0.2) is 41.1 Å². The number of nitrogens with zero attached hydrogens (tertiary/aromatic N) is 3. The van der Waals surface area contributed by atoms with Gasteiger partial charge in [-0.3, -0.25) is 4.79 Å². The molecule has 0 aliphatic carbocycles. The molecule has 114 valence electrons. The highest BCUT2D eigenvalue weighted by molar-refractivity contribution is 5.88. The number of carbonyl (C=O) groups is 1. The summed E-state index contributed by atoms with van der Waals surface area (Å²) in [6.07, 6.45) is 1.28. The van der Waals surface area contributed by atoms with Crippen molar-refractivity contribution in [1.82, 2.24) is 20.1 Å². The van der Waals surface area contributed by atoms with E-state index in [1.54, 1.807) is 0 Å². The van der Waals surface area contributed by atoms with Crippen LogP contribution in [-0.4, -0.2) is 26.2 Å². The average Bonchev–Trinajstić information content (AvgIpc) is 3.04. The maximum absolute atomic E-state index is 12.3. The molecule has 0 saturated carbocycles. The first-order valence-electron chi connectivity index (χ1n) is 7.10. The summed E-state index contributed by atoms with van der Waals surface area (Å²) in [4.78, 5) is 12.3. The molecule has 2 heterocycles. The Hall–Kier alpha value is -2.63. The maximum Gasteiger partial charge on any atom is 0.264 e. The van der Waals surface area contributed by atoms with Gasteiger partial charge in [-0.15, -0.1) is 10.2 Å². The minimum Gasteiger partial charge on any atom is -0.422 e. The van der Waals surface area contributed by atoms with Gasteiger partial charge in [-0.1, -0.05) is 18.2 Å². The molecule has 3 aromatic rings. The molecule has 0 fully saturated rings. The van der Waals surface area contributed by atoms with E-state index in [0.717, 1.165) is 16.6 Å². The lowest BCUT2D eigenvalue weighted by molar-refractivity contribution is -0.122. The summed E-state index contributed by atoms with van der Waals surface area (Å²) in [7, 11) is 0. The topological polar surface area (TPSA) is 73.0 Å². The van der Waals surface area contributed by atoms with Gasteiger partial charge in [0.2, 0.25) is 12.3 Å². The fourth-order valence-electron chi connectivity index (χ4n) is 2.44. The molecule has 1 N–H and O–H groups in total. The van der Waals surface area contributed by atoms with E-state index in [-0.39, 0.29) is 18.0 Å². The number of fused-ring (bicyclic) bond motifs is 1. The lowest BCUT2D eigenvalue weighted by Gasteiger charge is -2.21. The second-order valence-electron chi connectivity index (χ2n) is 6.22. The van der Waals surface area contributed by atoms with E-state index in [1.165, 1.54) is 6.39 Å². The Kier molecular flexibility index (Phi) is 3.44. The van der Waals surface area contributed by atoms with Crippen LogP contribution in [0.1, 0.15) is 20.8 Å². The highest BCUT2D eigenvalue weighted by Crippen LogP contribution is 2.26. The molecular formula is C16H18N4O2. The molecule has 1 aromatic carbocycles. The third-order valence-electron chi connectivity index (χ3n) is 3.21. The first-order valence-corrected chi connectivity index (χ1v) is 7.10. The third kappa shape index (κ3) is 2.86. The van der Waals surface area contributed by atoms with Crippen LogP contribution in [0.5, 0.6) is 0 Å². The van der Waals surface area contributed by atoms with Gasteiger partial charge in [-0.05, 0) is 32.9 Å². The van der Waals surface area contributed by atoms with Crippen LogP contribution in [0.3, 0.4) is 0 Å². The van der Waals surface area contributed by atoms with Gasteiger partial charge >= 0.3 is 0 Å². The van der Waals surface area contributed by atoms with Crippen molar-refractivity contribution in [2.75, 3.05) is 0 Å². The van der Waals surface area contributed by atoms with Crippen LogP contribution in [0.2, 0.25) is 0 Å². The molecule has 0 unspecified atom stereocenters. The quantitative estimate of drug-likeness (QED) is 0.806. The van der Waals surface area contributed by atoms with E-state index in [2.05, 4.69) is 15.5 Å². The van der Waals surface area contributed by atoms with E-state index in [0.29, 0.717) is 5.89 Å². The Morgan fingerprint density at radius 2 is 2.09 bits per heavy atom. The van der Waals surface area contributed by atoms with Gasteiger partial charge in [-0.2, -0.15) is 0 Å². The fourth-order valence-corrected chi connectivity index (χ4v) is 2.44. The first-order chi connectivity index (χ1) is 10.4. The van der Waals surface area contributed by atoms with Crippen molar-refractivity contribution in [3.63, 3.8) is 0 Å². The highest BCUT2D eigenvalue weighted by atomic mass is 16.4. The summed E-state index contributed by atoms with van der Waals surface area (Å²) < 4.78 is 7.19. The number of aromatic nitrogens is 3. The second kappa shape index (κ2) is 5.29. The van der Waals surface area contributed by atoms with Crippen LogP contribution in [0, 0.1) is 0 Å². The number of amides is 1. The molecule has 0 saturated heterocycles. The Bertz CT molecular complexity index is 797. The Morgan fingerprint density at radius 1 is 1.32 bits per heavy atom. The van der Waals surface area contributed by atoms with Crippen LogP contribution in [0.25, 0.3) is 22.5 Å². The van der Waals surface area contributed by atoms with Gasteiger partial charge in [0.1, 0.15) is 12.2 Å². The van der Waals surface area contributed by atoms with E-state index in [9.17, 15) is 4.79 Å². The molecule has 0 aliphatic heterocycles. The first kappa shape index (κ1) is 14.3. The number of para-hydroxylation sites is 1. The van der Waals surface area contributed by atoms with Crippen molar-refractivity contribution in [2.24, 2.45) is 0 Å². The zero-order chi connectivity index (χ0) is 15.7. The minimum absolute atomic E-state index is 0.0605. The number of benzene rings is 1. The van der Waals surface area contributed by atoms with E-state index in [1.807, 2.05) is 55.7 Å². The Balaban J connectivity index is 2.03. The number of carbonyl (C=O) groups excluding carboxylic acids is 1. The van der Waals surface area contributed by atoms with Gasteiger partial charge < -0.3 is 14.3 Å². The lowest BCUT2D eigenvalue weighted by Crippen LogP contribution is -2.42. The molecule has 0 aliphatic rings. The summed E-state index contributed by atoms with van der Waals surface area (Å²) >= 11 is 0. The number of hydrogen-bond acceptors (Lipinski definition) is 4. The molecule has 0 radical (unpaired) electrons. The standard InChI is InChI=1S/C16H18N4O2/c1-16(2,3)18-14(21)9-20-12-7-5-4-6-11(12)8-13(20)15-19-17-10-22-15/h4-8,10H,9H2,1-3H3,(H,18,21). The van der Waals surface area contributed by atoms with Gasteiger partial charge in [0.25, 0.3) is 5.89 Å². The fraction of sp³-hybridized carbons (Fsp3) is 0.312. The predicted octanol–water partition coefficient (Wildman–Crippen LogP) is 2.61. The van der Waals surface area contributed by atoms with Gasteiger partial charge in [-0.25, -0.2) is 0 Å². The summed E-state index contributed by atoms with van der Waals surface area (Å²) in [6, 6.07) is 9.82. The molecule has 6 nitrogen and oxygen atoms in total. The number of nitrogens with one attached hydrogen (secondary N) is 1. The summed E-state index contributed by atoms with van der Waals surface area (Å²) in [6.45, 7) is 6.06. The van der Waals surface area contributed by atoms with Crippen molar-refractivity contribution in [3.05, 3.63) is 36.7 Å². The van der Waals surface area contributed by atoms with Gasteiger partial charge in [0.05, 0.1) is 0 Å². The second-order valence-corrected chi connectivity index (χ2v) is 6.22. The highest BCUT2D eigenvalue weighted by Gasteiger charge is 2.19. The van der Waals surface area contributed by atoms with Crippen LogP contribution in [-0.2, 0) is 11.3 Å². The van der Waals surface area contributed by atoms with Crippen molar-refractivity contribution >= 4 is 16.8 Å². The maximum atomic E-state index is 12.3. The smallest absolute Gasteiger partial charge is 0.264 e. The molecule has 2 aromatic heterocycles. The summed E-state index contributed by atoms with van der Waals surface area (Å²) in [5.74, 6) is 0.342. The Labute approximate surface area is 128 Å². The van der Waals surface area contributed by atoms with Crippen molar-refractivity contribution in [1.29, 1.82) is 0 Å². The predicted molar refractivity (Wildman–Crippen MR) is 83.1 cm³/mol. The van der Waals surface area contributed by atoms with Crippen molar-refractivity contribution in [2.45, 2.75) is 32.9 Å². The molecule has 0 spiro atoms. The average molecular weight is 298 g/mol. The lowest BCUT2D eigenvalue weighted by atomic mass is 10.1. The van der Waals surface area contributed by atoms with Crippen LogP contribution in [0.4, 0.5) is 0 Å². The third-order valence-corrected chi connectivity index (χ3v) is 3.21. The van der Waals surface area contributed by atoms with Crippen LogP contribution < -0.4 is 5.32 Å². The van der Waals surface area contributed by atoms with Gasteiger partial charge in [0.15, 0.2) is 0 Å². The van der Waals surface area contributed by atoms with Gasteiger partial charge in [0, 0.05) is 16.4 Å². The number of rotatable bonds is 3. The molecule has 22 heavy (non-hydrogen) atoms. The molecule has 0 bridgehead atoms. The van der Waals surface area contributed by atoms with Crippen LogP contribution >= 0.6 is 0 Å². The molecule has 0 atom stereocenters. The largest absolute Gasteiger partial charge is 0.422 e. The normalized spacial score (nSPS) is 11.8. The minimum atomic E-state index is -0.273. The monoisotopic (exact) mass is 298 g/mol. The molecule has 3 rings (SSSR count). The summed E-state index contributed by atoms with van der Waals surface area (Å²) in [5.41, 5.74) is 1.42. The Morgan fingerprint density at radius 3 is 2.77 bits per heavy atom. The van der Waals surface area contributed by atoms with E-state index in [4.69, 9.17) is 4.42 Å². The van der Waals surface area contributed by atoms with E-state index >= 15 is 0 Å². The zero-order valence-electron chi connectivity index (χ0n) is 12.8. The number of hydrogen-bond donors (Lipinski definition) is 1.